The summed E-state index contributed by atoms with van der Waals surface area (Å²) < 4.78 is 0.979. The number of anilines is 1. The number of halogens is 1. The maximum Gasteiger partial charge on any atom is 0.255 e. The molecule has 3 nitrogen and oxygen atoms in total. The summed E-state index contributed by atoms with van der Waals surface area (Å²) in [6, 6.07) is 16.8. The lowest BCUT2D eigenvalue weighted by Crippen LogP contribution is -2.11. The number of pyridine rings is 1. The quantitative estimate of drug-likeness (QED) is 0.764. The number of amides is 1. The molecule has 98 valence electrons. The molecule has 3 aromatic rings. The van der Waals surface area contributed by atoms with E-state index in [1.54, 1.807) is 12.3 Å². The van der Waals surface area contributed by atoms with Crippen LogP contribution in [0.2, 0.25) is 0 Å². The van der Waals surface area contributed by atoms with Crippen molar-refractivity contribution in [2.75, 3.05) is 5.32 Å². The second kappa shape index (κ2) is 5.43. The molecule has 0 aliphatic carbocycles. The fourth-order valence-corrected chi connectivity index (χ4v) is 2.22. The third kappa shape index (κ3) is 2.70. The Hall–Kier alpha value is -2.20. The number of carbonyl (C=O) groups is 1. The average Bonchev–Trinajstić information content (AvgIpc) is 2.49. The van der Waals surface area contributed by atoms with Gasteiger partial charge in [0.05, 0.1) is 5.52 Å². The highest BCUT2D eigenvalue weighted by Gasteiger charge is 2.07. The molecule has 4 heteroatoms. The van der Waals surface area contributed by atoms with Gasteiger partial charge in [-0.1, -0.05) is 22.0 Å². The largest absolute Gasteiger partial charge is 0.322 e. The van der Waals surface area contributed by atoms with Crippen LogP contribution in [0.3, 0.4) is 0 Å². The SMILES string of the molecule is O=C(Nc1ccc(Br)cc1)c1ccc2ncccc2c1. The summed E-state index contributed by atoms with van der Waals surface area (Å²) in [6.07, 6.45) is 1.74. The highest BCUT2D eigenvalue weighted by molar-refractivity contribution is 9.10. The lowest BCUT2D eigenvalue weighted by Gasteiger charge is -2.06. The second-order valence-electron chi connectivity index (χ2n) is 4.37. The van der Waals surface area contributed by atoms with E-state index >= 15 is 0 Å². The summed E-state index contributed by atoms with van der Waals surface area (Å²) in [5.74, 6) is -0.127. The number of rotatable bonds is 2. The van der Waals surface area contributed by atoms with Gasteiger partial charge in [-0.2, -0.15) is 0 Å². The normalized spacial score (nSPS) is 10.4. The molecule has 0 aliphatic rings. The third-order valence-corrected chi connectivity index (χ3v) is 3.50. The third-order valence-electron chi connectivity index (χ3n) is 2.97. The first kappa shape index (κ1) is 12.8. The van der Waals surface area contributed by atoms with Crippen LogP contribution in [0.15, 0.2) is 65.3 Å². The molecule has 0 spiro atoms. The first-order valence-corrected chi connectivity index (χ1v) is 6.93. The van der Waals surface area contributed by atoms with Crippen molar-refractivity contribution in [1.29, 1.82) is 0 Å². The number of nitrogens with one attached hydrogen (secondary N) is 1. The molecule has 0 saturated heterocycles. The predicted molar refractivity (Wildman–Crippen MR) is 83.8 cm³/mol. The molecule has 3 rings (SSSR count). The number of hydrogen-bond acceptors (Lipinski definition) is 2. The van der Waals surface area contributed by atoms with Gasteiger partial charge in [0.25, 0.3) is 5.91 Å². The van der Waals surface area contributed by atoms with Crippen molar-refractivity contribution in [3.8, 4) is 0 Å². The summed E-state index contributed by atoms with van der Waals surface area (Å²) in [4.78, 5) is 16.4. The van der Waals surface area contributed by atoms with Gasteiger partial charge in [0.15, 0.2) is 0 Å². The molecule has 1 aromatic heterocycles. The van der Waals surface area contributed by atoms with Crippen molar-refractivity contribution in [2.24, 2.45) is 0 Å². The number of hydrogen-bond donors (Lipinski definition) is 1. The van der Waals surface area contributed by atoms with E-state index < -0.39 is 0 Å². The van der Waals surface area contributed by atoms with Crippen LogP contribution in [-0.2, 0) is 0 Å². The summed E-state index contributed by atoms with van der Waals surface area (Å²) in [5.41, 5.74) is 2.27. The molecule has 1 N–H and O–H groups in total. The summed E-state index contributed by atoms with van der Waals surface area (Å²) >= 11 is 3.36. The Morgan fingerprint density at radius 3 is 2.65 bits per heavy atom. The Bertz CT molecular complexity index is 769. The van der Waals surface area contributed by atoms with Crippen molar-refractivity contribution in [1.82, 2.24) is 4.98 Å². The molecular formula is C16H11BrN2O. The maximum absolute atomic E-state index is 12.2. The predicted octanol–water partition coefficient (Wildman–Crippen LogP) is 4.25. The van der Waals surface area contributed by atoms with E-state index in [4.69, 9.17) is 0 Å². The van der Waals surface area contributed by atoms with Crippen LogP contribution in [0.5, 0.6) is 0 Å². The molecule has 0 aliphatic heterocycles. The molecule has 0 atom stereocenters. The molecule has 1 amide bonds. The summed E-state index contributed by atoms with van der Waals surface area (Å²) in [6.45, 7) is 0. The van der Waals surface area contributed by atoms with Gasteiger partial charge in [-0.3, -0.25) is 9.78 Å². The Morgan fingerprint density at radius 2 is 1.85 bits per heavy atom. The van der Waals surface area contributed by atoms with Crippen molar-refractivity contribution in [2.45, 2.75) is 0 Å². The van der Waals surface area contributed by atoms with E-state index in [-0.39, 0.29) is 5.91 Å². The first-order valence-electron chi connectivity index (χ1n) is 6.14. The van der Waals surface area contributed by atoms with E-state index in [0.717, 1.165) is 21.1 Å². The first-order chi connectivity index (χ1) is 9.72. The molecule has 20 heavy (non-hydrogen) atoms. The molecule has 0 saturated carbocycles. The van der Waals surface area contributed by atoms with Gasteiger partial charge in [-0.25, -0.2) is 0 Å². The van der Waals surface area contributed by atoms with Crippen molar-refractivity contribution < 1.29 is 4.79 Å². The second-order valence-corrected chi connectivity index (χ2v) is 5.29. The van der Waals surface area contributed by atoms with Crippen LogP contribution < -0.4 is 5.32 Å². The zero-order valence-corrected chi connectivity index (χ0v) is 12.1. The molecule has 0 radical (unpaired) electrons. The maximum atomic E-state index is 12.2. The minimum atomic E-state index is -0.127. The van der Waals surface area contributed by atoms with E-state index in [9.17, 15) is 4.79 Å². The number of carbonyl (C=O) groups excluding carboxylic acids is 1. The Balaban J connectivity index is 1.86. The standard InChI is InChI=1S/C16H11BrN2O/c17-13-4-6-14(7-5-13)19-16(20)12-3-8-15-11(10-12)2-1-9-18-15/h1-10H,(H,19,20). The number of aromatic nitrogens is 1. The van der Waals surface area contributed by atoms with Gasteiger partial charge in [-0.15, -0.1) is 0 Å². The Kier molecular flexibility index (Phi) is 3.48. The number of fused-ring (bicyclic) bond motifs is 1. The van der Waals surface area contributed by atoms with E-state index in [1.807, 2.05) is 48.5 Å². The average molecular weight is 327 g/mol. The van der Waals surface area contributed by atoms with Crippen LogP contribution in [0, 0.1) is 0 Å². The van der Waals surface area contributed by atoms with E-state index in [2.05, 4.69) is 26.2 Å². The zero-order chi connectivity index (χ0) is 13.9. The van der Waals surface area contributed by atoms with Crippen LogP contribution >= 0.6 is 15.9 Å². The minimum absolute atomic E-state index is 0.127. The molecule has 0 unspecified atom stereocenters. The van der Waals surface area contributed by atoms with E-state index in [0.29, 0.717) is 5.56 Å². The zero-order valence-electron chi connectivity index (χ0n) is 10.5. The van der Waals surface area contributed by atoms with Crippen molar-refractivity contribution in [3.63, 3.8) is 0 Å². The molecule has 1 heterocycles. The van der Waals surface area contributed by atoms with Gasteiger partial charge < -0.3 is 5.32 Å². The number of benzene rings is 2. The topological polar surface area (TPSA) is 42.0 Å². The lowest BCUT2D eigenvalue weighted by molar-refractivity contribution is 0.102. The molecule has 2 aromatic carbocycles. The van der Waals surface area contributed by atoms with Crippen molar-refractivity contribution >= 4 is 38.4 Å². The van der Waals surface area contributed by atoms with Crippen LogP contribution in [0.1, 0.15) is 10.4 Å². The Labute approximate surface area is 124 Å². The van der Waals surface area contributed by atoms with Gasteiger partial charge in [0.1, 0.15) is 0 Å². The minimum Gasteiger partial charge on any atom is -0.322 e. The fraction of sp³-hybridized carbons (Fsp3) is 0. The molecule has 0 fully saturated rings. The summed E-state index contributed by atoms with van der Waals surface area (Å²) in [5, 5.41) is 3.82. The van der Waals surface area contributed by atoms with Crippen molar-refractivity contribution in [3.05, 3.63) is 70.8 Å². The van der Waals surface area contributed by atoms with Gasteiger partial charge in [0.2, 0.25) is 0 Å². The number of nitrogens with zero attached hydrogens (tertiary/aromatic N) is 1. The molecule has 0 bridgehead atoms. The van der Waals surface area contributed by atoms with Gasteiger partial charge in [0, 0.05) is 27.3 Å². The van der Waals surface area contributed by atoms with Crippen LogP contribution in [0.4, 0.5) is 5.69 Å². The van der Waals surface area contributed by atoms with Crippen LogP contribution in [-0.4, -0.2) is 10.9 Å². The lowest BCUT2D eigenvalue weighted by atomic mass is 10.1. The Morgan fingerprint density at radius 1 is 1.05 bits per heavy atom. The highest BCUT2D eigenvalue weighted by atomic mass is 79.9. The van der Waals surface area contributed by atoms with Gasteiger partial charge in [-0.05, 0) is 48.5 Å². The summed E-state index contributed by atoms with van der Waals surface area (Å²) in [7, 11) is 0. The fourth-order valence-electron chi connectivity index (χ4n) is 1.95. The van der Waals surface area contributed by atoms with Crippen LogP contribution in [0.25, 0.3) is 10.9 Å². The van der Waals surface area contributed by atoms with Gasteiger partial charge >= 0.3 is 0 Å². The smallest absolute Gasteiger partial charge is 0.255 e. The molecular weight excluding hydrogens is 316 g/mol. The van der Waals surface area contributed by atoms with E-state index in [1.165, 1.54) is 0 Å². The monoisotopic (exact) mass is 326 g/mol. The highest BCUT2D eigenvalue weighted by Crippen LogP contribution is 2.17.